The molecule has 0 saturated carbocycles. The molecule has 2 aromatic rings. The lowest BCUT2D eigenvalue weighted by Gasteiger charge is -2.18. The van der Waals surface area contributed by atoms with E-state index >= 15 is 0 Å². The van der Waals surface area contributed by atoms with Gasteiger partial charge in [-0.1, -0.05) is 30.4 Å². The summed E-state index contributed by atoms with van der Waals surface area (Å²) in [6.07, 6.45) is 3.85. The van der Waals surface area contributed by atoms with E-state index in [0.717, 1.165) is 11.1 Å². The van der Waals surface area contributed by atoms with E-state index in [2.05, 4.69) is 4.74 Å². The molecule has 2 rings (SSSR count). The van der Waals surface area contributed by atoms with Gasteiger partial charge < -0.3 is 19.1 Å². The Labute approximate surface area is 163 Å². The highest BCUT2D eigenvalue weighted by Gasteiger charge is 2.13. The van der Waals surface area contributed by atoms with Gasteiger partial charge >= 0.3 is 6.61 Å². The Balaban J connectivity index is 1.92. The summed E-state index contributed by atoms with van der Waals surface area (Å²) >= 11 is 0. The van der Waals surface area contributed by atoms with Crippen molar-refractivity contribution in [3.8, 4) is 17.2 Å². The third-order valence-corrected chi connectivity index (χ3v) is 3.89. The molecule has 0 N–H and O–H groups in total. The van der Waals surface area contributed by atoms with Crippen LogP contribution in [0.25, 0.3) is 6.08 Å². The van der Waals surface area contributed by atoms with Crippen LogP contribution in [0.2, 0.25) is 0 Å². The van der Waals surface area contributed by atoms with E-state index in [9.17, 15) is 13.6 Å². The van der Waals surface area contributed by atoms with Crippen LogP contribution >= 0.6 is 0 Å². The van der Waals surface area contributed by atoms with Gasteiger partial charge in [0.2, 0.25) is 0 Å². The summed E-state index contributed by atoms with van der Waals surface area (Å²) in [5.74, 6) is 0.865. The van der Waals surface area contributed by atoms with E-state index in [1.54, 1.807) is 25.2 Å². The van der Waals surface area contributed by atoms with Crippen molar-refractivity contribution in [1.29, 1.82) is 0 Å². The van der Waals surface area contributed by atoms with Gasteiger partial charge in [0, 0.05) is 13.6 Å². The van der Waals surface area contributed by atoms with Crippen LogP contribution in [-0.2, 0) is 11.3 Å². The monoisotopic (exact) mass is 391 g/mol. The number of halogens is 2. The third-order valence-electron chi connectivity index (χ3n) is 3.89. The van der Waals surface area contributed by atoms with Gasteiger partial charge in [-0.2, -0.15) is 8.78 Å². The van der Waals surface area contributed by atoms with Crippen LogP contribution in [0, 0.1) is 0 Å². The Hall–Kier alpha value is -3.09. The van der Waals surface area contributed by atoms with Crippen molar-refractivity contribution in [3.63, 3.8) is 0 Å². The lowest BCUT2D eigenvalue weighted by atomic mass is 10.2. The van der Waals surface area contributed by atoms with Crippen molar-refractivity contribution in [2.45, 2.75) is 20.1 Å². The normalized spacial score (nSPS) is 10.9. The van der Waals surface area contributed by atoms with Gasteiger partial charge in [0.1, 0.15) is 5.75 Å². The first-order chi connectivity index (χ1) is 13.4. The number of rotatable bonds is 9. The van der Waals surface area contributed by atoms with Gasteiger partial charge in [-0.25, -0.2) is 0 Å². The van der Waals surface area contributed by atoms with Gasteiger partial charge in [-0.3, -0.25) is 4.79 Å². The molecule has 150 valence electrons. The summed E-state index contributed by atoms with van der Waals surface area (Å²) in [5, 5.41) is 0. The molecule has 0 aromatic heterocycles. The Morgan fingerprint density at radius 1 is 1.14 bits per heavy atom. The number of methoxy groups -OCH3 is 1. The van der Waals surface area contributed by atoms with Crippen molar-refractivity contribution in [2.24, 2.45) is 0 Å². The molecule has 7 heteroatoms. The molecule has 0 spiro atoms. The van der Waals surface area contributed by atoms with Crippen molar-refractivity contribution in [2.75, 3.05) is 20.8 Å². The van der Waals surface area contributed by atoms with Gasteiger partial charge in [0.25, 0.3) is 5.91 Å². The largest absolute Gasteiger partial charge is 0.493 e. The van der Waals surface area contributed by atoms with Gasteiger partial charge in [0.05, 0.1) is 7.11 Å². The van der Waals surface area contributed by atoms with E-state index in [1.165, 1.54) is 24.1 Å². The Morgan fingerprint density at radius 2 is 1.86 bits per heavy atom. The van der Waals surface area contributed by atoms with E-state index in [-0.39, 0.29) is 18.3 Å². The molecule has 0 saturated heterocycles. The molecule has 0 aliphatic heterocycles. The number of hydrogen-bond donors (Lipinski definition) is 0. The number of allylic oxidation sites excluding steroid dienone is 1. The highest BCUT2D eigenvalue weighted by molar-refractivity contribution is 5.77. The second-order valence-electron chi connectivity index (χ2n) is 5.97. The zero-order chi connectivity index (χ0) is 20.5. The zero-order valence-electron chi connectivity index (χ0n) is 16.0. The van der Waals surface area contributed by atoms with E-state index in [1.807, 2.05) is 31.2 Å². The minimum atomic E-state index is -2.86. The van der Waals surface area contributed by atoms with Gasteiger partial charge in [-0.05, 0) is 42.3 Å². The minimum Gasteiger partial charge on any atom is -0.493 e. The molecule has 0 heterocycles. The molecule has 0 atom stereocenters. The first kappa shape index (κ1) is 21.2. The topological polar surface area (TPSA) is 48.0 Å². The molecule has 0 bridgehead atoms. The van der Waals surface area contributed by atoms with E-state index in [0.29, 0.717) is 18.0 Å². The Bertz CT molecular complexity index is 807. The van der Waals surface area contributed by atoms with Gasteiger partial charge in [0.15, 0.2) is 18.1 Å². The lowest BCUT2D eigenvalue weighted by molar-refractivity contribution is -0.132. The molecular weight excluding hydrogens is 368 g/mol. The molecule has 28 heavy (non-hydrogen) atoms. The maximum absolute atomic E-state index is 12.3. The van der Waals surface area contributed by atoms with E-state index < -0.39 is 6.61 Å². The molecule has 0 aliphatic rings. The number of alkyl halides is 2. The molecule has 5 nitrogen and oxygen atoms in total. The first-order valence-corrected chi connectivity index (χ1v) is 8.64. The maximum Gasteiger partial charge on any atom is 0.387 e. The number of nitrogens with zero attached hydrogens (tertiary/aromatic N) is 1. The fourth-order valence-electron chi connectivity index (χ4n) is 2.49. The van der Waals surface area contributed by atoms with Crippen LogP contribution in [0.3, 0.4) is 0 Å². The lowest BCUT2D eigenvalue weighted by Crippen LogP contribution is -2.31. The van der Waals surface area contributed by atoms with Crippen molar-refractivity contribution in [1.82, 2.24) is 4.90 Å². The van der Waals surface area contributed by atoms with Crippen LogP contribution in [0.1, 0.15) is 18.1 Å². The highest BCUT2D eigenvalue weighted by atomic mass is 19.3. The van der Waals surface area contributed by atoms with Crippen LogP contribution in [-0.4, -0.2) is 38.2 Å². The number of likely N-dealkylation sites (N-methyl/N-ethyl adjacent to an activating group) is 1. The van der Waals surface area contributed by atoms with Crippen LogP contribution in [0.5, 0.6) is 17.2 Å². The van der Waals surface area contributed by atoms with E-state index in [4.69, 9.17) is 9.47 Å². The van der Waals surface area contributed by atoms with Crippen LogP contribution in [0.15, 0.2) is 48.5 Å². The number of benzene rings is 2. The summed E-state index contributed by atoms with van der Waals surface area (Å²) in [7, 11) is 3.18. The van der Waals surface area contributed by atoms with Crippen molar-refractivity contribution < 1.29 is 27.8 Å². The van der Waals surface area contributed by atoms with Crippen molar-refractivity contribution >= 4 is 12.0 Å². The molecular formula is C21H23F2NO4. The molecule has 0 aliphatic carbocycles. The number of carbonyl (C=O) groups is 1. The molecule has 2 aromatic carbocycles. The summed E-state index contributed by atoms with van der Waals surface area (Å²) in [4.78, 5) is 13.8. The third kappa shape index (κ3) is 6.26. The van der Waals surface area contributed by atoms with Crippen LogP contribution < -0.4 is 14.2 Å². The number of hydrogen-bond acceptors (Lipinski definition) is 4. The standard InChI is InChI=1S/C21H23F2NO4/c1-4-5-15-8-11-18(19(12-15)26-3)27-14-20(25)24(2)13-16-6-9-17(10-7-16)28-21(22)23/h4-12,21H,13-14H2,1-3H3. The molecule has 0 radical (unpaired) electrons. The predicted molar refractivity (Wildman–Crippen MR) is 103 cm³/mol. The second kappa shape index (κ2) is 10.3. The summed E-state index contributed by atoms with van der Waals surface area (Å²) in [5.41, 5.74) is 1.75. The number of amides is 1. The van der Waals surface area contributed by atoms with Crippen LogP contribution in [0.4, 0.5) is 8.78 Å². The second-order valence-corrected chi connectivity index (χ2v) is 5.97. The van der Waals surface area contributed by atoms with Crippen molar-refractivity contribution in [3.05, 3.63) is 59.7 Å². The summed E-state index contributed by atoms with van der Waals surface area (Å²) < 4.78 is 39.6. The zero-order valence-corrected chi connectivity index (χ0v) is 16.0. The maximum atomic E-state index is 12.3. The number of carbonyl (C=O) groups excluding carboxylic acids is 1. The average molecular weight is 391 g/mol. The fraction of sp³-hybridized carbons (Fsp3) is 0.286. The first-order valence-electron chi connectivity index (χ1n) is 8.64. The quantitative estimate of drug-likeness (QED) is 0.637. The summed E-state index contributed by atoms with van der Waals surface area (Å²) in [6.45, 7) is -0.780. The predicted octanol–water partition coefficient (Wildman–Crippen LogP) is 4.37. The Kier molecular flexibility index (Phi) is 7.80. The highest BCUT2D eigenvalue weighted by Crippen LogP contribution is 2.28. The average Bonchev–Trinajstić information content (AvgIpc) is 2.67. The minimum absolute atomic E-state index is 0.0736. The Morgan fingerprint density at radius 3 is 2.46 bits per heavy atom. The SMILES string of the molecule is CC=Cc1ccc(OCC(=O)N(C)Cc2ccc(OC(F)F)cc2)c(OC)c1. The molecule has 1 amide bonds. The summed E-state index contributed by atoms with van der Waals surface area (Å²) in [6, 6.07) is 11.6. The smallest absolute Gasteiger partial charge is 0.387 e. The number of ether oxygens (including phenoxy) is 3. The fourth-order valence-corrected chi connectivity index (χ4v) is 2.49. The van der Waals surface area contributed by atoms with Gasteiger partial charge in [-0.15, -0.1) is 0 Å². The molecule has 0 unspecified atom stereocenters. The molecule has 0 fully saturated rings.